The summed E-state index contributed by atoms with van der Waals surface area (Å²) in [7, 11) is 2.04. The summed E-state index contributed by atoms with van der Waals surface area (Å²) in [5.41, 5.74) is 0. The van der Waals surface area contributed by atoms with Crippen molar-refractivity contribution in [3.05, 3.63) is 12.5 Å². The van der Waals surface area contributed by atoms with E-state index < -0.39 is 0 Å². The summed E-state index contributed by atoms with van der Waals surface area (Å²) in [6, 6.07) is 1.30. The zero-order chi connectivity index (χ0) is 9.10. The second kappa shape index (κ2) is 3.79. The molecular formula is C9H15N3O. The molecule has 13 heavy (non-hydrogen) atoms. The number of anilines is 1. The third kappa shape index (κ3) is 1.83. The summed E-state index contributed by atoms with van der Waals surface area (Å²) < 4.78 is 5.24. The molecule has 0 atom stereocenters. The van der Waals surface area contributed by atoms with Crippen LogP contribution in [0.3, 0.4) is 0 Å². The first-order chi connectivity index (χ1) is 6.38. The van der Waals surface area contributed by atoms with Crippen LogP contribution in [0.25, 0.3) is 0 Å². The summed E-state index contributed by atoms with van der Waals surface area (Å²) >= 11 is 0. The molecule has 4 heteroatoms. The highest BCUT2D eigenvalue weighted by molar-refractivity contribution is 5.25. The first-order valence-electron chi connectivity index (χ1n) is 4.71. The van der Waals surface area contributed by atoms with E-state index in [-0.39, 0.29) is 0 Å². The molecular weight excluding hydrogens is 166 g/mol. The molecule has 0 radical (unpaired) electrons. The summed E-state index contributed by atoms with van der Waals surface area (Å²) in [5, 5.41) is 3.34. The molecule has 1 aliphatic heterocycles. The van der Waals surface area contributed by atoms with Crippen molar-refractivity contribution in [3.63, 3.8) is 0 Å². The van der Waals surface area contributed by atoms with Crippen molar-refractivity contribution in [3.8, 4) is 0 Å². The second-order valence-electron chi connectivity index (χ2n) is 3.41. The molecule has 1 aromatic rings. The van der Waals surface area contributed by atoms with E-state index >= 15 is 0 Å². The lowest BCUT2D eigenvalue weighted by Gasteiger charge is -2.30. The fourth-order valence-electron chi connectivity index (χ4n) is 1.74. The Morgan fingerprint density at radius 3 is 2.92 bits per heavy atom. The van der Waals surface area contributed by atoms with Gasteiger partial charge in [0.1, 0.15) is 6.26 Å². The smallest absolute Gasteiger partial charge is 0.297 e. The van der Waals surface area contributed by atoms with Gasteiger partial charge in [0.15, 0.2) is 0 Å². The van der Waals surface area contributed by atoms with E-state index in [1.807, 2.05) is 7.05 Å². The Kier molecular flexibility index (Phi) is 2.49. The summed E-state index contributed by atoms with van der Waals surface area (Å²) in [6.45, 7) is 2.19. The molecule has 1 aliphatic rings. The maximum absolute atomic E-state index is 5.24. The molecule has 1 saturated heterocycles. The van der Waals surface area contributed by atoms with Crippen molar-refractivity contribution in [2.75, 3.05) is 25.0 Å². The topological polar surface area (TPSA) is 41.3 Å². The van der Waals surface area contributed by atoms with Crippen LogP contribution in [0.2, 0.25) is 0 Å². The zero-order valence-corrected chi connectivity index (χ0v) is 7.86. The molecule has 0 amide bonds. The third-order valence-corrected chi connectivity index (χ3v) is 2.58. The van der Waals surface area contributed by atoms with Crippen LogP contribution in [0.5, 0.6) is 0 Å². The Balaban J connectivity index is 1.99. The van der Waals surface area contributed by atoms with Gasteiger partial charge in [0.25, 0.3) is 6.01 Å². The lowest BCUT2D eigenvalue weighted by atomic mass is 10.1. The van der Waals surface area contributed by atoms with Crippen LogP contribution >= 0.6 is 0 Å². The molecule has 1 aromatic heterocycles. The molecule has 0 aromatic carbocycles. The minimum atomic E-state index is 0.569. The van der Waals surface area contributed by atoms with Crippen LogP contribution < -0.4 is 10.2 Å². The molecule has 2 rings (SSSR count). The van der Waals surface area contributed by atoms with Crippen molar-refractivity contribution in [2.45, 2.75) is 18.9 Å². The molecule has 1 fully saturated rings. The molecule has 0 unspecified atom stereocenters. The lowest BCUT2D eigenvalue weighted by Crippen LogP contribution is -2.41. The number of aromatic nitrogens is 1. The van der Waals surface area contributed by atoms with Gasteiger partial charge < -0.3 is 14.6 Å². The number of piperidine rings is 1. The Morgan fingerprint density at radius 2 is 2.31 bits per heavy atom. The predicted molar refractivity (Wildman–Crippen MR) is 50.8 cm³/mol. The van der Waals surface area contributed by atoms with Gasteiger partial charge in [0, 0.05) is 13.1 Å². The van der Waals surface area contributed by atoms with E-state index in [9.17, 15) is 0 Å². The minimum Gasteiger partial charge on any atom is -0.432 e. The van der Waals surface area contributed by atoms with Gasteiger partial charge >= 0.3 is 0 Å². The average Bonchev–Trinajstić information content (AvgIpc) is 2.71. The fraction of sp³-hybridized carbons (Fsp3) is 0.667. The van der Waals surface area contributed by atoms with Gasteiger partial charge in [-0.2, -0.15) is 0 Å². The van der Waals surface area contributed by atoms with E-state index in [4.69, 9.17) is 4.42 Å². The number of nitrogens with zero attached hydrogens (tertiary/aromatic N) is 2. The normalized spacial score (nSPS) is 18.8. The van der Waals surface area contributed by atoms with Crippen LogP contribution in [-0.4, -0.2) is 31.2 Å². The molecule has 0 spiro atoms. The van der Waals surface area contributed by atoms with Gasteiger partial charge in [-0.1, -0.05) is 0 Å². The summed E-state index contributed by atoms with van der Waals surface area (Å²) in [5.74, 6) is 0. The van der Waals surface area contributed by atoms with E-state index in [2.05, 4.69) is 15.2 Å². The van der Waals surface area contributed by atoms with Crippen molar-refractivity contribution in [1.29, 1.82) is 0 Å². The van der Waals surface area contributed by atoms with Crippen LogP contribution in [-0.2, 0) is 0 Å². The van der Waals surface area contributed by atoms with Crippen LogP contribution in [0, 0.1) is 0 Å². The van der Waals surface area contributed by atoms with Crippen LogP contribution in [0.15, 0.2) is 16.9 Å². The standard InChI is InChI=1S/C9H15N3O/c1-12(9-11-6-7-13-9)8-2-4-10-5-3-8/h6-8,10H,2-5H2,1H3. The number of nitrogens with one attached hydrogen (secondary N) is 1. The van der Waals surface area contributed by atoms with Crippen molar-refractivity contribution >= 4 is 6.01 Å². The first kappa shape index (κ1) is 8.56. The van der Waals surface area contributed by atoms with E-state index in [1.54, 1.807) is 12.5 Å². The number of hydrogen-bond acceptors (Lipinski definition) is 4. The molecule has 2 heterocycles. The quantitative estimate of drug-likeness (QED) is 0.734. The highest BCUT2D eigenvalue weighted by Gasteiger charge is 2.20. The van der Waals surface area contributed by atoms with Crippen molar-refractivity contribution in [1.82, 2.24) is 10.3 Å². The maximum atomic E-state index is 5.24. The Bertz CT molecular complexity index is 241. The first-order valence-corrected chi connectivity index (χ1v) is 4.71. The van der Waals surface area contributed by atoms with Crippen LogP contribution in [0.4, 0.5) is 6.01 Å². The zero-order valence-electron chi connectivity index (χ0n) is 7.86. The second-order valence-corrected chi connectivity index (χ2v) is 3.41. The Labute approximate surface area is 77.9 Å². The predicted octanol–water partition coefficient (Wildman–Crippen LogP) is 0.863. The Morgan fingerprint density at radius 1 is 1.54 bits per heavy atom. The average molecular weight is 181 g/mol. The van der Waals surface area contributed by atoms with Gasteiger partial charge in [-0.15, -0.1) is 0 Å². The molecule has 1 N–H and O–H groups in total. The SMILES string of the molecule is CN(c1ncco1)C1CCNCC1. The van der Waals surface area contributed by atoms with E-state index in [0.717, 1.165) is 19.1 Å². The number of oxazole rings is 1. The van der Waals surface area contributed by atoms with Gasteiger partial charge in [-0.3, -0.25) is 0 Å². The minimum absolute atomic E-state index is 0.569. The Hall–Kier alpha value is -1.03. The fourth-order valence-corrected chi connectivity index (χ4v) is 1.74. The van der Waals surface area contributed by atoms with E-state index in [1.165, 1.54) is 12.8 Å². The molecule has 0 bridgehead atoms. The van der Waals surface area contributed by atoms with Gasteiger partial charge in [-0.05, 0) is 25.9 Å². The highest BCUT2D eigenvalue weighted by atomic mass is 16.4. The largest absolute Gasteiger partial charge is 0.432 e. The molecule has 72 valence electrons. The molecule has 0 saturated carbocycles. The number of rotatable bonds is 2. The van der Waals surface area contributed by atoms with Gasteiger partial charge in [0.2, 0.25) is 0 Å². The van der Waals surface area contributed by atoms with Crippen LogP contribution in [0.1, 0.15) is 12.8 Å². The summed E-state index contributed by atoms with van der Waals surface area (Å²) in [6.07, 6.45) is 5.64. The highest BCUT2D eigenvalue weighted by Crippen LogP contribution is 2.17. The summed E-state index contributed by atoms with van der Waals surface area (Å²) in [4.78, 5) is 6.26. The monoisotopic (exact) mass is 181 g/mol. The number of hydrogen-bond donors (Lipinski definition) is 1. The van der Waals surface area contributed by atoms with E-state index in [0.29, 0.717) is 6.04 Å². The third-order valence-electron chi connectivity index (χ3n) is 2.58. The van der Waals surface area contributed by atoms with Crippen molar-refractivity contribution in [2.24, 2.45) is 0 Å². The molecule has 4 nitrogen and oxygen atoms in total. The molecule has 0 aliphatic carbocycles. The maximum Gasteiger partial charge on any atom is 0.297 e. The van der Waals surface area contributed by atoms with Gasteiger partial charge in [-0.25, -0.2) is 4.98 Å². The van der Waals surface area contributed by atoms with Gasteiger partial charge in [0.05, 0.1) is 6.20 Å². The lowest BCUT2D eigenvalue weighted by molar-refractivity contribution is 0.418. The van der Waals surface area contributed by atoms with Crippen molar-refractivity contribution < 1.29 is 4.42 Å².